The molecule has 0 spiro atoms. The van der Waals surface area contributed by atoms with Crippen LogP contribution in [0.1, 0.15) is 16.7 Å². The van der Waals surface area contributed by atoms with E-state index in [1.54, 1.807) is 12.1 Å². The van der Waals surface area contributed by atoms with Gasteiger partial charge in [0.05, 0.1) is 4.90 Å². The summed E-state index contributed by atoms with van der Waals surface area (Å²) in [7, 11) is -0.280. The summed E-state index contributed by atoms with van der Waals surface area (Å²) in [5, 5.41) is 3.38. The first-order valence-electron chi connectivity index (χ1n) is 7.18. The Balaban J connectivity index is 1.97. The molecule has 22 heavy (non-hydrogen) atoms. The van der Waals surface area contributed by atoms with Crippen LogP contribution < -0.4 is 5.32 Å². The summed E-state index contributed by atoms with van der Waals surface area (Å²) >= 11 is 0. The summed E-state index contributed by atoms with van der Waals surface area (Å²) in [6.07, 6.45) is 0. The second-order valence-electron chi connectivity index (χ2n) is 5.46. The lowest BCUT2D eigenvalue weighted by molar-refractivity contribution is 0.520. The number of rotatable bonds is 6. The summed E-state index contributed by atoms with van der Waals surface area (Å²) in [4.78, 5) is 0.320. The van der Waals surface area contributed by atoms with Gasteiger partial charge in [-0.1, -0.05) is 36.4 Å². The van der Waals surface area contributed by atoms with E-state index in [0.717, 1.165) is 12.1 Å². The van der Waals surface area contributed by atoms with E-state index in [2.05, 4.69) is 24.4 Å². The van der Waals surface area contributed by atoms with Crippen molar-refractivity contribution in [3.8, 4) is 0 Å². The molecule has 0 saturated carbocycles. The van der Waals surface area contributed by atoms with E-state index in [9.17, 15) is 8.42 Å². The van der Waals surface area contributed by atoms with E-state index in [1.807, 2.05) is 24.3 Å². The highest BCUT2D eigenvalue weighted by Gasteiger charge is 2.16. The smallest absolute Gasteiger partial charge is 0.242 e. The van der Waals surface area contributed by atoms with Crippen LogP contribution >= 0.6 is 0 Å². The van der Waals surface area contributed by atoms with Crippen LogP contribution in [0, 0.1) is 6.92 Å². The van der Waals surface area contributed by atoms with E-state index in [4.69, 9.17) is 0 Å². The molecule has 0 aromatic heterocycles. The SMILES string of the molecule is Cc1ccccc1CNCc1ccc(S(=O)(=O)N(C)C)cc1. The molecule has 2 rings (SSSR count). The minimum absolute atomic E-state index is 0.320. The van der Waals surface area contributed by atoms with Crippen molar-refractivity contribution in [1.29, 1.82) is 0 Å². The molecule has 2 aromatic carbocycles. The van der Waals surface area contributed by atoms with Crippen LogP contribution in [0.15, 0.2) is 53.4 Å². The molecule has 4 nitrogen and oxygen atoms in total. The molecule has 0 atom stereocenters. The van der Waals surface area contributed by atoms with Gasteiger partial charge in [0.15, 0.2) is 0 Å². The second-order valence-corrected chi connectivity index (χ2v) is 7.61. The highest BCUT2D eigenvalue weighted by molar-refractivity contribution is 7.89. The Labute approximate surface area is 132 Å². The number of nitrogens with zero attached hydrogens (tertiary/aromatic N) is 1. The average molecular weight is 318 g/mol. The maximum Gasteiger partial charge on any atom is 0.242 e. The normalized spacial score (nSPS) is 11.8. The molecule has 0 unspecified atom stereocenters. The van der Waals surface area contributed by atoms with Gasteiger partial charge in [-0.15, -0.1) is 0 Å². The van der Waals surface area contributed by atoms with Gasteiger partial charge >= 0.3 is 0 Å². The number of aryl methyl sites for hydroxylation is 1. The zero-order chi connectivity index (χ0) is 16.2. The summed E-state index contributed by atoms with van der Waals surface area (Å²) in [6, 6.07) is 15.3. The van der Waals surface area contributed by atoms with E-state index in [0.29, 0.717) is 11.4 Å². The van der Waals surface area contributed by atoms with Gasteiger partial charge in [-0.05, 0) is 35.7 Å². The van der Waals surface area contributed by atoms with Crippen LogP contribution in [-0.4, -0.2) is 26.8 Å². The van der Waals surface area contributed by atoms with Gasteiger partial charge in [-0.2, -0.15) is 0 Å². The first kappa shape index (κ1) is 16.7. The average Bonchev–Trinajstić information content (AvgIpc) is 2.49. The monoisotopic (exact) mass is 318 g/mol. The van der Waals surface area contributed by atoms with Crippen molar-refractivity contribution in [3.05, 3.63) is 65.2 Å². The second kappa shape index (κ2) is 7.05. The fraction of sp³-hybridized carbons (Fsp3) is 0.294. The molecule has 0 aliphatic rings. The third-order valence-corrected chi connectivity index (χ3v) is 5.44. The molecule has 2 aromatic rings. The van der Waals surface area contributed by atoms with Gasteiger partial charge < -0.3 is 5.32 Å². The zero-order valence-electron chi connectivity index (χ0n) is 13.2. The summed E-state index contributed by atoms with van der Waals surface area (Å²) in [5.41, 5.74) is 3.60. The summed E-state index contributed by atoms with van der Waals surface area (Å²) in [5.74, 6) is 0. The van der Waals surface area contributed by atoms with Crippen molar-refractivity contribution in [1.82, 2.24) is 9.62 Å². The number of nitrogens with one attached hydrogen (secondary N) is 1. The number of hydrogen-bond donors (Lipinski definition) is 1. The van der Waals surface area contributed by atoms with Crippen molar-refractivity contribution >= 4 is 10.0 Å². The van der Waals surface area contributed by atoms with Gasteiger partial charge in [0.25, 0.3) is 0 Å². The topological polar surface area (TPSA) is 49.4 Å². The molecule has 0 amide bonds. The molecule has 0 aliphatic heterocycles. The van der Waals surface area contributed by atoms with Gasteiger partial charge in [0.1, 0.15) is 0 Å². The largest absolute Gasteiger partial charge is 0.309 e. The van der Waals surface area contributed by atoms with Crippen LogP contribution in [-0.2, 0) is 23.1 Å². The predicted molar refractivity (Wildman–Crippen MR) is 89.0 cm³/mol. The molecule has 1 N–H and O–H groups in total. The first-order valence-corrected chi connectivity index (χ1v) is 8.62. The highest BCUT2D eigenvalue weighted by Crippen LogP contribution is 2.14. The molecule has 0 radical (unpaired) electrons. The van der Waals surface area contributed by atoms with Gasteiger partial charge in [0.2, 0.25) is 10.0 Å². The maximum atomic E-state index is 12.0. The van der Waals surface area contributed by atoms with E-state index < -0.39 is 10.0 Å². The summed E-state index contributed by atoms with van der Waals surface area (Å²) < 4.78 is 25.2. The van der Waals surface area contributed by atoms with Crippen LogP contribution in [0.25, 0.3) is 0 Å². The Kier molecular flexibility index (Phi) is 5.34. The van der Waals surface area contributed by atoms with E-state index in [1.165, 1.54) is 29.5 Å². The zero-order valence-corrected chi connectivity index (χ0v) is 14.0. The minimum atomic E-state index is -3.35. The van der Waals surface area contributed by atoms with Crippen molar-refractivity contribution in [3.63, 3.8) is 0 Å². The lowest BCUT2D eigenvalue weighted by atomic mass is 10.1. The highest BCUT2D eigenvalue weighted by atomic mass is 32.2. The Morgan fingerprint density at radius 3 is 2.18 bits per heavy atom. The Bertz CT molecular complexity index is 723. The van der Waals surface area contributed by atoms with Crippen molar-refractivity contribution < 1.29 is 8.42 Å². The molecule has 0 heterocycles. The van der Waals surface area contributed by atoms with Crippen LogP contribution in [0.2, 0.25) is 0 Å². The Morgan fingerprint density at radius 2 is 1.59 bits per heavy atom. The number of sulfonamides is 1. The third-order valence-electron chi connectivity index (χ3n) is 3.61. The van der Waals surface area contributed by atoms with Crippen LogP contribution in [0.4, 0.5) is 0 Å². The number of hydrogen-bond acceptors (Lipinski definition) is 3. The van der Waals surface area contributed by atoms with E-state index >= 15 is 0 Å². The molecule has 0 fully saturated rings. The van der Waals surface area contributed by atoms with Crippen molar-refractivity contribution in [2.45, 2.75) is 24.9 Å². The summed E-state index contributed by atoms with van der Waals surface area (Å²) in [6.45, 7) is 3.60. The molecule has 0 aliphatic carbocycles. The molecule has 118 valence electrons. The lowest BCUT2D eigenvalue weighted by Crippen LogP contribution is -2.22. The standard InChI is InChI=1S/C17H22N2O2S/c1-14-6-4-5-7-16(14)13-18-12-15-8-10-17(11-9-15)22(20,21)19(2)3/h4-11,18H,12-13H2,1-3H3. The predicted octanol–water partition coefficient (Wildman–Crippen LogP) is 2.54. The van der Waals surface area contributed by atoms with Crippen molar-refractivity contribution in [2.75, 3.05) is 14.1 Å². The molecule has 5 heteroatoms. The first-order chi connectivity index (χ1) is 10.4. The fourth-order valence-corrected chi connectivity index (χ4v) is 3.04. The number of benzene rings is 2. The molecule has 0 saturated heterocycles. The van der Waals surface area contributed by atoms with Gasteiger partial charge in [-0.25, -0.2) is 12.7 Å². The third kappa shape index (κ3) is 3.94. The Hall–Kier alpha value is -1.69. The molecular formula is C17H22N2O2S. The fourth-order valence-electron chi connectivity index (χ4n) is 2.14. The van der Waals surface area contributed by atoms with E-state index in [-0.39, 0.29) is 0 Å². The quantitative estimate of drug-likeness (QED) is 0.890. The minimum Gasteiger partial charge on any atom is -0.309 e. The molecular weight excluding hydrogens is 296 g/mol. The van der Waals surface area contributed by atoms with Gasteiger partial charge in [-0.3, -0.25) is 0 Å². The Morgan fingerprint density at radius 1 is 0.955 bits per heavy atom. The van der Waals surface area contributed by atoms with Crippen LogP contribution in [0.5, 0.6) is 0 Å². The van der Waals surface area contributed by atoms with Gasteiger partial charge in [0, 0.05) is 27.2 Å². The van der Waals surface area contributed by atoms with Crippen molar-refractivity contribution in [2.24, 2.45) is 0 Å². The van der Waals surface area contributed by atoms with Crippen LogP contribution in [0.3, 0.4) is 0 Å². The molecule has 0 bridgehead atoms. The lowest BCUT2D eigenvalue weighted by Gasteiger charge is -2.12. The maximum absolute atomic E-state index is 12.0.